The first-order valence-corrected chi connectivity index (χ1v) is 21.8. The van der Waals surface area contributed by atoms with E-state index in [-0.39, 0.29) is 25.9 Å². The zero-order valence-electron chi connectivity index (χ0n) is 31.7. The van der Waals surface area contributed by atoms with Gasteiger partial charge in [-0.3, -0.25) is 0 Å². The number of halogens is 1. The van der Waals surface area contributed by atoms with Crippen molar-refractivity contribution in [2.24, 2.45) is 0 Å². The molecule has 1 radical (unpaired) electrons. The Morgan fingerprint density at radius 2 is 1.51 bits per heavy atom. The van der Waals surface area contributed by atoms with Crippen LogP contribution in [0.15, 0.2) is 134 Å². The summed E-state index contributed by atoms with van der Waals surface area (Å²) >= 11 is 1.76. The monoisotopic (exact) mass is 906 g/mol. The van der Waals surface area contributed by atoms with Crippen LogP contribution in [0.1, 0.15) is 36.4 Å². The molecule has 8 aromatic rings. The molecule has 0 aliphatic rings. The Kier molecular flexibility index (Phi) is 11.2. The van der Waals surface area contributed by atoms with Gasteiger partial charge < -0.3 is 9.97 Å². The van der Waals surface area contributed by atoms with E-state index in [1.165, 1.54) is 55.0 Å². The molecule has 0 bridgehead atoms. The van der Waals surface area contributed by atoms with Crippen LogP contribution in [0, 0.1) is 31.8 Å². The van der Waals surface area contributed by atoms with E-state index in [9.17, 15) is 4.39 Å². The minimum Gasteiger partial charge on any atom is -0.305 e. The summed E-state index contributed by atoms with van der Waals surface area (Å²) in [5.74, 6) is -1.35. The van der Waals surface area contributed by atoms with Gasteiger partial charge in [0.05, 0.1) is 8.07 Å². The van der Waals surface area contributed by atoms with Crippen molar-refractivity contribution in [2.75, 3.05) is 0 Å². The van der Waals surface area contributed by atoms with Crippen LogP contribution in [0.3, 0.4) is 0 Å². The van der Waals surface area contributed by atoms with Gasteiger partial charge in [-0.2, -0.15) is 11.3 Å². The average Bonchev–Trinajstić information content (AvgIpc) is 3.54. The van der Waals surface area contributed by atoms with Gasteiger partial charge in [-0.25, -0.2) is 4.39 Å². The van der Waals surface area contributed by atoms with Gasteiger partial charge >= 0.3 is 0 Å². The third kappa shape index (κ3) is 8.32. The zero-order valence-corrected chi connectivity index (χ0v) is 34.9. The molecule has 2 nitrogen and oxygen atoms in total. The first kappa shape index (κ1) is 36.8. The van der Waals surface area contributed by atoms with Gasteiger partial charge in [0, 0.05) is 44.5 Å². The fraction of sp³-hybridized carbons (Fsp3) is 0.149. The molecule has 0 aliphatic heterocycles. The van der Waals surface area contributed by atoms with Crippen LogP contribution in [-0.4, -0.2) is 18.0 Å². The van der Waals surface area contributed by atoms with Crippen molar-refractivity contribution in [1.29, 1.82) is 0 Å². The topological polar surface area (TPSA) is 25.8 Å². The minimum absolute atomic E-state index is 0. The second-order valence-corrected chi connectivity index (χ2v) is 20.3. The van der Waals surface area contributed by atoms with Crippen molar-refractivity contribution in [1.82, 2.24) is 9.97 Å². The number of aromatic nitrogens is 2. The molecule has 0 fully saturated rings. The molecule has 3 aromatic heterocycles. The van der Waals surface area contributed by atoms with E-state index >= 15 is 0 Å². The number of thiophene rings is 1. The quantitative estimate of drug-likeness (QED) is 0.123. The summed E-state index contributed by atoms with van der Waals surface area (Å²) in [4.78, 5) is 9.19. The normalized spacial score (nSPS) is 12.7. The van der Waals surface area contributed by atoms with Crippen molar-refractivity contribution in [3.63, 3.8) is 0 Å². The molecule has 6 heteroatoms. The largest absolute Gasteiger partial charge is 0.305 e. The summed E-state index contributed by atoms with van der Waals surface area (Å²) in [5.41, 5.74) is 10.4. The van der Waals surface area contributed by atoms with Gasteiger partial charge in [0.15, 0.2) is 0 Å². The third-order valence-corrected chi connectivity index (χ3v) is 12.8. The van der Waals surface area contributed by atoms with Crippen molar-refractivity contribution < 1.29 is 25.9 Å². The number of aryl methyl sites for hydroxylation is 2. The minimum atomic E-state index is -1.23. The molecule has 1 unspecified atom stereocenters. The average molecular weight is 906 g/mol. The fourth-order valence-corrected chi connectivity index (χ4v) is 8.86. The van der Waals surface area contributed by atoms with Gasteiger partial charge in [0.1, 0.15) is 5.82 Å². The first-order chi connectivity index (χ1) is 25.4. The molecular weight excluding hydrogens is 864 g/mol. The summed E-state index contributed by atoms with van der Waals surface area (Å²) in [6.07, 6.45) is 3.77. The SMILES string of the molecule is C[Si](C)(C)c1ccc(-c2[c-]cccc2)nc1.[2H]C(C)(c1ccc(F)cc1)c1ccnc(-c2[c-]ccc3c2sc2cc(-c4c(C)cccc4C)ccc23)c1.[Ir]. The molecule has 1 atom stereocenters. The molecule has 5 aromatic carbocycles. The second kappa shape index (κ2) is 16.2. The van der Waals surface area contributed by atoms with Gasteiger partial charge in [-0.1, -0.05) is 92.6 Å². The van der Waals surface area contributed by atoms with E-state index in [1.807, 2.05) is 55.6 Å². The molecular formula is C47H41FIrN2SSi-2. The predicted molar refractivity (Wildman–Crippen MR) is 222 cm³/mol. The smallest absolute Gasteiger partial charge is 0.123 e. The molecule has 0 saturated carbocycles. The fourth-order valence-electron chi connectivity index (χ4n) is 6.57. The van der Waals surface area contributed by atoms with Crippen LogP contribution in [-0.2, 0) is 20.1 Å². The van der Waals surface area contributed by atoms with Crippen LogP contribution in [0.4, 0.5) is 4.39 Å². The number of pyridine rings is 2. The van der Waals surface area contributed by atoms with Crippen LogP contribution in [0.25, 0.3) is 53.8 Å². The second-order valence-electron chi connectivity index (χ2n) is 14.2. The van der Waals surface area contributed by atoms with E-state index in [1.54, 1.807) is 29.7 Å². The maximum absolute atomic E-state index is 13.5. The van der Waals surface area contributed by atoms with E-state index in [4.69, 9.17) is 1.37 Å². The van der Waals surface area contributed by atoms with Crippen LogP contribution in [0.5, 0.6) is 0 Å². The number of rotatable bonds is 6. The van der Waals surface area contributed by atoms with E-state index in [2.05, 4.69) is 110 Å². The summed E-state index contributed by atoms with van der Waals surface area (Å²) in [6, 6.07) is 46.1. The van der Waals surface area contributed by atoms with Crippen molar-refractivity contribution >= 4 is 44.8 Å². The molecule has 0 saturated heterocycles. The maximum atomic E-state index is 13.5. The van der Waals surface area contributed by atoms with Crippen LogP contribution in [0.2, 0.25) is 19.6 Å². The molecule has 0 aliphatic carbocycles. The Bertz CT molecular complexity index is 2520. The predicted octanol–water partition coefficient (Wildman–Crippen LogP) is 12.6. The van der Waals surface area contributed by atoms with Crippen molar-refractivity contribution in [3.05, 3.63) is 174 Å². The van der Waals surface area contributed by atoms with Gasteiger partial charge in [0.2, 0.25) is 0 Å². The number of hydrogen-bond acceptors (Lipinski definition) is 3. The van der Waals surface area contributed by atoms with Crippen LogP contribution >= 0.6 is 11.3 Å². The molecule has 267 valence electrons. The number of fused-ring (bicyclic) bond motifs is 3. The summed E-state index contributed by atoms with van der Waals surface area (Å²) in [5, 5.41) is 3.80. The number of nitrogens with zero attached hydrogens (tertiary/aromatic N) is 2. The molecule has 0 spiro atoms. The zero-order chi connectivity index (χ0) is 37.3. The van der Waals surface area contributed by atoms with Gasteiger partial charge in [-0.15, -0.1) is 59.7 Å². The number of hydrogen-bond donors (Lipinski definition) is 0. The van der Waals surface area contributed by atoms with Crippen LogP contribution < -0.4 is 5.19 Å². The molecule has 0 N–H and O–H groups in total. The summed E-state index contributed by atoms with van der Waals surface area (Å²) in [7, 11) is -1.23. The van der Waals surface area contributed by atoms with E-state index in [0.29, 0.717) is 0 Å². The molecule has 0 amide bonds. The summed E-state index contributed by atoms with van der Waals surface area (Å²) < 4.78 is 24.9. The van der Waals surface area contributed by atoms with E-state index < -0.39 is 14.0 Å². The van der Waals surface area contributed by atoms with Gasteiger partial charge in [0.25, 0.3) is 0 Å². The Hall–Kier alpha value is -4.58. The van der Waals surface area contributed by atoms with Crippen molar-refractivity contribution in [2.45, 2.75) is 46.3 Å². The van der Waals surface area contributed by atoms with Crippen molar-refractivity contribution in [3.8, 4) is 33.6 Å². The maximum Gasteiger partial charge on any atom is 0.123 e. The molecule has 8 rings (SSSR count). The van der Waals surface area contributed by atoms with Gasteiger partial charge in [-0.05, 0) is 98.2 Å². The van der Waals surface area contributed by atoms with E-state index in [0.717, 1.165) is 38.3 Å². The summed E-state index contributed by atoms with van der Waals surface area (Å²) in [6.45, 7) is 13.2. The standard InChI is InChI=1S/C33H25FNS.C14H16NSi.Ir/c1-20-6-4-7-21(2)32(20)25-12-15-27-28-8-5-9-29(33(28)36-31(27)19-25)30-18-24(16-17-35-30)22(3)23-10-13-26(34)14-11-23;1-16(2,3)13-9-10-14(15-11-13)12-7-5-4-6-8-12;/h4-8,10-19,22H,1-3H3;4-7,9-11H,1-3H3;/q2*-1;/i22D;;. The third-order valence-electron chi connectivity index (χ3n) is 9.54. The molecule has 53 heavy (non-hydrogen) atoms. The molecule has 3 heterocycles. The Morgan fingerprint density at radius 3 is 2.19 bits per heavy atom. The number of benzene rings is 5. The Balaban J connectivity index is 0.000000246. The Morgan fingerprint density at radius 1 is 0.736 bits per heavy atom. The first-order valence-electron chi connectivity index (χ1n) is 18.0. The Labute approximate surface area is 332 Å².